The number of carbonyl (C=O) groups is 2. The Balaban J connectivity index is 1.68. The summed E-state index contributed by atoms with van der Waals surface area (Å²) in [5.74, 6) is -1.14. The first-order chi connectivity index (χ1) is 15.5. The predicted molar refractivity (Wildman–Crippen MR) is 122 cm³/mol. The number of hydrogen-bond donors (Lipinski definition) is 1. The van der Waals surface area contributed by atoms with E-state index in [-0.39, 0.29) is 22.1 Å². The average Bonchev–Trinajstić information content (AvgIpc) is 3.21. The zero-order valence-electron chi connectivity index (χ0n) is 16.2. The molecule has 1 aromatic heterocycles. The third-order valence-corrected chi connectivity index (χ3v) is 5.67. The van der Waals surface area contributed by atoms with Crippen LogP contribution in [-0.4, -0.2) is 16.9 Å². The lowest BCUT2D eigenvalue weighted by Gasteiger charge is -2.29. The van der Waals surface area contributed by atoms with Gasteiger partial charge in [-0.3, -0.25) is 19.8 Å². The molecule has 0 radical (unpaired) electrons. The van der Waals surface area contributed by atoms with Crippen LogP contribution in [0.5, 0.6) is 0 Å². The second-order valence-corrected chi connectivity index (χ2v) is 8.04. The number of amides is 2. The van der Waals surface area contributed by atoms with Gasteiger partial charge in [0.1, 0.15) is 17.1 Å². The maximum absolute atomic E-state index is 13.1. The molecule has 1 N–H and O–H groups in total. The molecule has 0 atom stereocenters. The van der Waals surface area contributed by atoms with Gasteiger partial charge in [-0.15, -0.1) is 0 Å². The minimum absolute atomic E-state index is 0.137. The molecular formula is C22H11Cl2F3N2O3S. The van der Waals surface area contributed by atoms with Crippen molar-refractivity contribution < 1.29 is 27.2 Å². The molecule has 168 valence electrons. The van der Waals surface area contributed by atoms with Crippen LogP contribution in [0.15, 0.2) is 64.6 Å². The maximum Gasteiger partial charge on any atom is 0.416 e. The number of halogens is 5. The first-order valence-corrected chi connectivity index (χ1v) is 10.3. The molecule has 0 aliphatic carbocycles. The van der Waals surface area contributed by atoms with E-state index in [2.05, 4.69) is 5.32 Å². The van der Waals surface area contributed by atoms with E-state index in [4.69, 9.17) is 39.8 Å². The summed E-state index contributed by atoms with van der Waals surface area (Å²) in [6.45, 7) is 0. The Labute approximate surface area is 200 Å². The zero-order valence-corrected chi connectivity index (χ0v) is 18.6. The van der Waals surface area contributed by atoms with Gasteiger partial charge in [-0.1, -0.05) is 29.3 Å². The molecular weight excluding hydrogens is 500 g/mol. The highest BCUT2D eigenvalue weighted by Gasteiger charge is 2.36. The first kappa shape index (κ1) is 23.0. The van der Waals surface area contributed by atoms with E-state index in [0.717, 1.165) is 23.1 Å². The molecule has 2 amide bonds. The van der Waals surface area contributed by atoms with Gasteiger partial charge in [0.05, 0.1) is 21.3 Å². The summed E-state index contributed by atoms with van der Waals surface area (Å²) in [4.78, 5) is 26.3. The number of carbonyl (C=O) groups excluding carboxylic acids is 2. The molecule has 0 unspecified atom stereocenters. The number of furan rings is 1. The molecule has 2 aromatic carbocycles. The van der Waals surface area contributed by atoms with Crippen molar-refractivity contribution in [1.82, 2.24) is 5.32 Å². The second kappa shape index (κ2) is 8.66. The van der Waals surface area contributed by atoms with Crippen molar-refractivity contribution in [3.63, 3.8) is 0 Å². The van der Waals surface area contributed by atoms with Gasteiger partial charge in [-0.2, -0.15) is 13.2 Å². The number of alkyl halides is 3. The fourth-order valence-electron chi connectivity index (χ4n) is 3.09. The topological polar surface area (TPSA) is 62.6 Å². The normalized spacial score (nSPS) is 15.8. The molecule has 33 heavy (non-hydrogen) atoms. The molecule has 5 nitrogen and oxygen atoms in total. The molecule has 2 heterocycles. The lowest BCUT2D eigenvalue weighted by Crippen LogP contribution is -2.54. The van der Waals surface area contributed by atoms with Crippen molar-refractivity contribution in [2.45, 2.75) is 6.18 Å². The van der Waals surface area contributed by atoms with Gasteiger partial charge >= 0.3 is 6.18 Å². The van der Waals surface area contributed by atoms with Crippen molar-refractivity contribution >= 4 is 64.1 Å². The van der Waals surface area contributed by atoms with Gasteiger partial charge < -0.3 is 4.42 Å². The van der Waals surface area contributed by atoms with Crippen molar-refractivity contribution in [3.05, 3.63) is 81.5 Å². The second-order valence-electron chi connectivity index (χ2n) is 6.84. The minimum Gasteiger partial charge on any atom is -0.457 e. The molecule has 0 saturated carbocycles. The predicted octanol–water partition coefficient (Wildman–Crippen LogP) is 6.10. The van der Waals surface area contributed by atoms with E-state index in [0.29, 0.717) is 21.4 Å². The van der Waals surface area contributed by atoms with E-state index in [1.807, 2.05) is 0 Å². The average molecular weight is 511 g/mol. The van der Waals surface area contributed by atoms with Crippen LogP contribution in [0.3, 0.4) is 0 Å². The highest BCUT2D eigenvalue weighted by molar-refractivity contribution is 7.80. The van der Waals surface area contributed by atoms with Crippen LogP contribution >= 0.6 is 35.4 Å². The number of nitrogens with one attached hydrogen (secondary N) is 1. The van der Waals surface area contributed by atoms with Crippen molar-refractivity contribution in [3.8, 4) is 11.3 Å². The number of thiocarbonyl (C=S) groups is 1. The van der Waals surface area contributed by atoms with Crippen molar-refractivity contribution in [2.24, 2.45) is 0 Å². The van der Waals surface area contributed by atoms with Crippen LogP contribution < -0.4 is 10.2 Å². The lowest BCUT2D eigenvalue weighted by atomic mass is 10.1. The Morgan fingerprint density at radius 3 is 2.45 bits per heavy atom. The monoisotopic (exact) mass is 510 g/mol. The van der Waals surface area contributed by atoms with E-state index in [9.17, 15) is 22.8 Å². The van der Waals surface area contributed by atoms with E-state index >= 15 is 0 Å². The quantitative estimate of drug-likeness (QED) is 0.262. The largest absolute Gasteiger partial charge is 0.457 e. The first-order valence-electron chi connectivity index (χ1n) is 9.18. The van der Waals surface area contributed by atoms with Crippen LogP contribution in [-0.2, 0) is 15.8 Å². The zero-order chi connectivity index (χ0) is 23.9. The number of rotatable bonds is 3. The highest BCUT2D eigenvalue weighted by Crippen LogP contribution is 2.33. The standard InChI is InChI=1S/C22H11Cl2F3N2O3S/c23-16-6-4-11(8-17(16)24)18-7-5-14(32-18)10-15-19(30)28-21(33)29(20(15)31)13-3-1-2-12(9-13)22(25,26)27/h1-10H,(H,28,30,33)/b15-10-. The number of nitrogens with zero attached hydrogens (tertiary/aromatic N) is 1. The fourth-order valence-corrected chi connectivity index (χ4v) is 3.67. The van der Waals surface area contributed by atoms with Crippen LogP contribution in [0.25, 0.3) is 17.4 Å². The SMILES string of the molecule is O=C1NC(=S)N(c2cccc(C(F)(F)F)c2)C(=O)/C1=C\c1ccc(-c2ccc(Cl)c(Cl)c2)o1. The van der Waals surface area contributed by atoms with E-state index < -0.39 is 23.6 Å². The van der Waals surface area contributed by atoms with Crippen LogP contribution in [0, 0.1) is 0 Å². The van der Waals surface area contributed by atoms with Crippen LogP contribution in [0.1, 0.15) is 11.3 Å². The van der Waals surface area contributed by atoms with Crippen LogP contribution in [0.2, 0.25) is 10.0 Å². The summed E-state index contributed by atoms with van der Waals surface area (Å²) in [7, 11) is 0. The van der Waals surface area contributed by atoms with E-state index in [1.165, 1.54) is 18.2 Å². The van der Waals surface area contributed by atoms with Crippen molar-refractivity contribution in [1.29, 1.82) is 0 Å². The molecule has 11 heteroatoms. The number of anilines is 1. The molecule has 0 spiro atoms. The molecule has 1 saturated heterocycles. The summed E-state index contributed by atoms with van der Waals surface area (Å²) in [6.07, 6.45) is -3.44. The smallest absolute Gasteiger partial charge is 0.416 e. The maximum atomic E-state index is 13.1. The Hall–Kier alpha value is -3.14. The lowest BCUT2D eigenvalue weighted by molar-refractivity contribution is -0.137. The molecule has 0 bridgehead atoms. The molecule has 3 aromatic rings. The third-order valence-electron chi connectivity index (χ3n) is 4.65. The Bertz CT molecular complexity index is 1330. The molecule has 1 aliphatic rings. The van der Waals surface area contributed by atoms with Gasteiger partial charge in [0.2, 0.25) is 0 Å². The third kappa shape index (κ3) is 4.66. The summed E-state index contributed by atoms with van der Waals surface area (Å²) in [5.41, 5.74) is -0.853. The summed E-state index contributed by atoms with van der Waals surface area (Å²) >= 11 is 17.0. The van der Waals surface area contributed by atoms with Gasteiger partial charge in [-0.25, -0.2) is 0 Å². The number of hydrogen-bond acceptors (Lipinski definition) is 4. The summed E-state index contributed by atoms with van der Waals surface area (Å²) < 4.78 is 45.0. The summed E-state index contributed by atoms with van der Waals surface area (Å²) in [6, 6.07) is 12.0. The van der Waals surface area contributed by atoms with E-state index in [1.54, 1.807) is 24.3 Å². The van der Waals surface area contributed by atoms with Gasteiger partial charge in [-0.05, 0) is 66.8 Å². The van der Waals surface area contributed by atoms with Crippen LogP contribution in [0.4, 0.5) is 18.9 Å². The van der Waals surface area contributed by atoms with Gasteiger partial charge in [0, 0.05) is 5.56 Å². The molecule has 1 aliphatic heterocycles. The Kier molecular flexibility index (Phi) is 6.04. The van der Waals surface area contributed by atoms with Gasteiger partial charge in [0.25, 0.3) is 11.8 Å². The molecule has 1 fully saturated rings. The Morgan fingerprint density at radius 2 is 1.76 bits per heavy atom. The number of benzene rings is 2. The van der Waals surface area contributed by atoms with Gasteiger partial charge in [0.15, 0.2) is 5.11 Å². The van der Waals surface area contributed by atoms with Crippen molar-refractivity contribution in [2.75, 3.05) is 4.90 Å². The summed E-state index contributed by atoms with van der Waals surface area (Å²) in [5, 5.41) is 2.66. The fraction of sp³-hybridized carbons (Fsp3) is 0.0455. The molecule has 4 rings (SSSR count). The highest BCUT2D eigenvalue weighted by atomic mass is 35.5. The Morgan fingerprint density at radius 1 is 1.00 bits per heavy atom. The minimum atomic E-state index is -4.62.